The second kappa shape index (κ2) is 8.19. The van der Waals surface area contributed by atoms with Gasteiger partial charge in [-0.2, -0.15) is 0 Å². The van der Waals surface area contributed by atoms with Gasteiger partial charge in [-0.05, 0) is 18.2 Å². The number of piperazine rings is 1. The zero-order valence-corrected chi connectivity index (χ0v) is 15.1. The minimum Gasteiger partial charge on any atom is -0.496 e. The van der Waals surface area contributed by atoms with Crippen molar-refractivity contribution in [3.63, 3.8) is 0 Å². The van der Waals surface area contributed by atoms with Crippen molar-refractivity contribution in [1.29, 1.82) is 0 Å². The molecule has 0 aliphatic carbocycles. The molecule has 5 nitrogen and oxygen atoms in total. The van der Waals surface area contributed by atoms with Crippen molar-refractivity contribution >= 4 is 5.91 Å². The van der Waals surface area contributed by atoms with Crippen molar-refractivity contribution in [3.8, 4) is 11.5 Å². The highest BCUT2D eigenvalue weighted by Crippen LogP contribution is 2.30. The van der Waals surface area contributed by atoms with E-state index in [9.17, 15) is 9.18 Å². The molecule has 1 amide bonds. The van der Waals surface area contributed by atoms with Crippen molar-refractivity contribution in [3.05, 3.63) is 59.4 Å². The van der Waals surface area contributed by atoms with Crippen LogP contribution in [0.15, 0.2) is 42.5 Å². The topological polar surface area (TPSA) is 42.0 Å². The molecule has 138 valence electrons. The Balaban J connectivity index is 1.67. The summed E-state index contributed by atoms with van der Waals surface area (Å²) in [5, 5.41) is 0. The summed E-state index contributed by atoms with van der Waals surface area (Å²) in [5.41, 5.74) is 1.12. The van der Waals surface area contributed by atoms with Crippen LogP contribution in [0.2, 0.25) is 0 Å². The Morgan fingerprint density at radius 1 is 0.962 bits per heavy atom. The van der Waals surface area contributed by atoms with Crippen LogP contribution < -0.4 is 9.47 Å². The first-order valence-electron chi connectivity index (χ1n) is 8.60. The molecule has 0 radical (unpaired) electrons. The maximum absolute atomic E-state index is 13.8. The number of nitrogens with zero attached hydrogens (tertiary/aromatic N) is 2. The lowest BCUT2D eigenvalue weighted by Gasteiger charge is -2.35. The quantitative estimate of drug-likeness (QED) is 0.824. The van der Waals surface area contributed by atoms with Gasteiger partial charge in [0.15, 0.2) is 0 Å². The van der Waals surface area contributed by atoms with E-state index in [0.717, 1.165) is 0 Å². The summed E-state index contributed by atoms with van der Waals surface area (Å²) in [6.07, 6.45) is 0. The van der Waals surface area contributed by atoms with Gasteiger partial charge in [-0.25, -0.2) is 4.39 Å². The van der Waals surface area contributed by atoms with Crippen molar-refractivity contribution in [2.75, 3.05) is 40.4 Å². The van der Waals surface area contributed by atoms with E-state index in [1.54, 1.807) is 35.2 Å². The van der Waals surface area contributed by atoms with Gasteiger partial charge in [-0.15, -0.1) is 0 Å². The molecule has 2 aromatic carbocycles. The van der Waals surface area contributed by atoms with Gasteiger partial charge in [0, 0.05) is 38.3 Å². The summed E-state index contributed by atoms with van der Waals surface area (Å²) in [7, 11) is 3.08. The third-order valence-corrected chi connectivity index (χ3v) is 4.65. The standard InChI is InChI=1S/C20H23FN2O3/c1-25-17-8-5-9-18(26-2)19(17)20(24)23-12-10-22(11-13-23)14-15-6-3-4-7-16(15)21/h3-9H,10-14H2,1-2H3. The molecule has 0 unspecified atom stereocenters. The molecule has 1 aliphatic heterocycles. The molecule has 1 aliphatic rings. The van der Waals surface area contributed by atoms with Crippen LogP contribution in [0.25, 0.3) is 0 Å². The number of amides is 1. The molecule has 0 saturated carbocycles. The molecule has 6 heteroatoms. The van der Waals surface area contributed by atoms with Gasteiger partial charge in [0.25, 0.3) is 5.91 Å². The van der Waals surface area contributed by atoms with Crippen LogP contribution in [0.1, 0.15) is 15.9 Å². The fourth-order valence-corrected chi connectivity index (χ4v) is 3.20. The SMILES string of the molecule is COc1cccc(OC)c1C(=O)N1CCN(Cc2ccccc2F)CC1. The van der Waals surface area contributed by atoms with E-state index < -0.39 is 0 Å². The number of halogens is 1. The lowest BCUT2D eigenvalue weighted by Crippen LogP contribution is -2.48. The maximum Gasteiger partial charge on any atom is 0.261 e. The Hall–Kier alpha value is -2.60. The van der Waals surface area contributed by atoms with Crippen LogP contribution in [0.3, 0.4) is 0 Å². The molecular formula is C20H23FN2O3. The first-order chi connectivity index (χ1) is 12.6. The van der Waals surface area contributed by atoms with Gasteiger partial charge >= 0.3 is 0 Å². The Morgan fingerprint density at radius 3 is 2.15 bits per heavy atom. The zero-order chi connectivity index (χ0) is 18.5. The van der Waals surface area contributed by atoms with Gasteiger partial charge < -0.3 is 14.4 Å². The van der Waals surface area contributed by atoms with Crippen LogP contribution in [0.4, 0.5) is 4.39 Å². The number of benzene rings is 2. The fraction of sp³-hybridized carbons (Fsp3) is 0.350. The molecule has 26 heavy (non-hydrogen) atoms. The molecule has 0 aromatic heterocycles. The third-order valence-electron chi connectivity index (χ3n) is 4.65. The average molecular weight is 358 g/mol. The normalized spacial score (nSPS) is 15.0. The molecule has 0 bridgehead atoms. The average Bonchev–Trinajstić information content (AvgIpc) is 2.69. The number of hydrogen-bond acceptors (Lipinski definition) is 4. The zero-order valence-electron chi connectivity index (χ0n) is 15.1. The van der Waals surface area contributed by atoms with Gasteiger partial charge in [0.2, 0.25) is 0 Å². The molecule has 3 rings (SSSR count). The van der Waals surface area contributed by atoms with Gasteiger partial charge in [-0.1, -0.05) is 24.3 Å². The van der Waals surface area contributed by atoms with E-state index in [0.29, 0.717) is 55.3 Å². The predicted molar refractivity (Wildman–Crippen MR) is 97.1 cm³/mol. The molecule has 0 spiro atoms. The van der Waals surface area contributed by atoms with E-state index >= 15 is 0 Å². The highest BCUT2D eigenvalue weighted by atomic mass is 19.1. The number of carbonyl (C=O) groups is 1. The summed E-state index contributed by atoms with van der Waals surface area (Å²) < 4.78 is 24.5. The lowest BCUT2D eigenvalue weighted by atomic mass is 10.1. The molecule has 1 fully saturated rings. The Bertz CT molecular complexity index is 751. The van der Waals surface area contributed by atoms with Gasteiger partial charge in [-0.3, -0.25) is 9.69 Å². The molecular weight excluding hydrogens is 335 g/mol. The molecule has 0 atom stereocenters. The fourth-order valence-electron chi connectivity index (χ4n) is 3.20. The van der Waals surface area contributed by atoms with E-state index in [1.165, 1.54) is 20.3 Å². The first-order valence-corrected chi connectivity index (χ1v) is 8.60. The lowest BCUT2D eigenvalue weighted by molar-refractivity contribution is 0.0620. The van der Waals surface area contributed by atoms with E-state index in [4.69, 9.17) is 9.47 Å². The Labute approximate surface area is 152 Å². The predicted octanol–water partition coefficient (Wildman–Crippen LogP) is 2.80. The molecule has 2 aromatic rings. The maximum atomic E-state index is 13.8. The largest absolute Gasteiger partial charge is 0.496 e. The Morgan fingerprint density at radius 2 is 1.58 bits per heavy atom. The van der Waals surface area contributed by atoms with Gasteiger partial charge in [0.05, 0.1) is 14.2 Å². The summed E-state index contributed by atoms with van der Waals surface area (Å²) in [6.45, 7) is 3.09. The molecule has 1 saturated heterocycles. The van der Waals surface area contributed by atoms with E-state index in [1.807, 2.05) is 6.07 Å². The van der Waals surface area contributed by atoms with Gasteiger partial charge in [0.1, 0.15) is 22.9 Å². The summed E-state index contributed by atoms with van der Waals surface area (Å²) >= 11 is 0. The highest BCUT2D eigenvalue weighted by molar-refractivity contribution is 5.99. The van der Waals surface area contributed by atoms with E-state index in [2.05, 4.69) is 4.90 Å². The Kier molecular flexibility index (Phi) is 5.73. The highest BCUT2D eigenvalue weighted by Gasteiger charge is 2.27. The third kappa shape index (κ3) is 3.80. The van der Waals surface area contributed by atoms with Crippen LogP contribution in [0, 0.1) is 5.82 Å². The molecule has 0 N–H and O–H groups in total. The van der Waals surface area contributed by atoms with Crippen LogP contribution in [-0.4, -0.2) is 56.1 Å². The van der Waals surface area contributed by atoms with E-state index in [-0.39, 0.29) is 11.7 Å². The second-order valence-corrected chi connectivity index (χ2v) is 6.20. The first kappa shape index (κ1) is 18.2. The van der Waals surface area contributed by atoms with Crippen LogP contribution in [0.5, 0.6) is 11.5 Å². The van der Waals surface area contributed by atoms with Crippen LogP contribution in [-0.2, 0) is 6.54 Å². The van der Waals surface area contributed by atoms with Crippen molar-refractivity contribution in [2.24, 2.45) is 0 Å². The van der Waals surface area contributed by atoms with Crippen molar-refractivity contribution in [2.45, 2.75) is 6.54 Å². The molecule has 1 heterocycles. The minimum absolute atomic E-state index is 0.107. The summed E-state index contributed by atoms with van der Waals surface area (Å²) in [4.78, 5) is 16.9. The number of rotatable bonds is 5. The van der Waals surface area contributed by atoms with Crippen molar-refractivity contribution < 1.29 is 18.7 Å². The second-order valence-electron chi connectivity index (χ2n) is 6.20. The van der Waals surface area contributed by atoms with Crippen molar-refractivity contribution in [1.82, 2.24) is 9.80 Å². The number of carbonyl (C=O) groups excluding carboxylic acids is 1. The number of hydrogen-bond donors (Lipinski definition) is 0. The summed E-state index contributed by atoms with van der Waals surface area (Å²) in [5.74, 6) is 0.709. The monoisotopic (exact) mass is 358 g/mol. The summed E-state index contributed by atoms with van der Waals surface area (Å²) in [6, 6.07) is 12.1. The van der Waals surface area contributed by atoms with Crippen LogP contribution >= 0.6 is 0 Å². The number of methoxy groups -OCH3 is 2. The minimum atomic E-state index is -0.190. The smallest absolute Gasteiger partial charge is 0.261 e. The number of ether oxygens (including phenoxy) is 2.